The molecule has 0 aromatic carbocycles. The van der Waals surface area contributed by atoms with Crippen LogP contribution in [0.15, 0.2) is 5.11 Å². The monoisotopic (exact) mass is 239 g/mol. The molecule has 0 spiro atoms. The molecular formula is C13H25N3O. The van der Waals surface area contributed by atoms with E-state index in [1.807, 2.05) is 0 Å². The Labute approximate surface area is 104 Å². The number of carbonyl (C=O) groups excluding carboxylic acids is 1. The lowest BCUT2D eigenvalue weighted by atomic mass is 10.1. The summed E-state index contributed by atoms with van der Waals surface area (Å²) in [6, 6.07) is 0. The van der Waals surface area contributed by atoms with Gasteiger partial charge in [-0.3, -0.25) is 4.79 Å². The van der Waals surface area contributed by atoms with Gasteiger partial charge in [-0.05, 0) is 12.0 Å². The third-order valence-corrected chi connectivity index (χ3v) is 2.87. The number of unbranched alkanes of at least 4 members (excludes halogenated alkanes) is 8. The van der Waals surface area contributed by atoms with Crippen LogP contribution in [0, 0.1) is 0 Å². The van der Waals surface area contributed by atoms with E-state index in [0.717, 1.165) is 12.8 Å². The summed E-state index contributed by atoms with van der Waals surface area (Å²) in [5, 5.41) is 3.26. The minimum atomic E-state index is 0.0213. The first-order valence-electron chi connectivity index (χ1n) is 6.83. The SMILES string of the molecule is CCCCCCCCCCCC(=O)CN=[N+]=[N-]. The Morgan fingerprint density at radius 2 is 1.53 bits per heavy atom. The lowest BCUT2D eigenvalue weighted by Crippen LogP contribution is -2.00. The summed E-state index contributed by atoms with van der Waals surface area (Å²) < 4.78 is 0. The summed E-state index contributed by atoms with van der Waals surface area (Å²) in [7, 11) is 0. The van der Waals surface area contributed by atoms with Crippen LogP contribution in [0.5, 0.6) is 0 Å². The molecule has 0 atom stereocenters. The van der Waals surface area contributed by atoms with Crippen molar-refractivity contribution < 1.29 is 4.79 Å². The molecule has 0 bridgehead atoms. The van der Waals surface area contributed by atoms with Crippen LogP contribution in [0.1, 0.15) is 71.1 Å². The second kappa shape index (κ2) is 13.0. The quantitative estimate of drug-likeness (QED) is 0.209. The van der Waals surface area contributed by atoms with E-state index in [-0.39, 0.29) is 12.3 Å². The molecule has 0 fully saturated rings. The van der Waals surface area contributed by atoms with Crippen LogP contribution in [0.25, 0.3) is 10.4 Å². The second-order valence-electron chi connectivity index (χ2n) is 4.51. The Kier molecular flexibility index (Phi) is 12.3. The van der Waals surface area contributed by atoms with E-state index in [1.54, 1.807) is 0 Å². The smallest absolute Gasteiger partial charge is 0.138 e. The Bertz CT molecular complexity index is 235. The molecule has 0 radical (unpaired) electrons. The van der Waals surface area contributed by atoms with Crippen LogP contribution in [0.2, 0.25) is 0 Å². The minimum Gasteiger partial charge on any atom is -0.300 e. The average Bonchev–Trinajstić information content (AvgIpc) is 2.34. The summed E-state index contributed by atoms with van der Waals surface area (Å²) in [5.41, 5.74) is 8.05. The highest BCUT2D eigenvalue weighted by atomic mass is 16.1. The first-order valence-corrected chi connectivity index (χ1v) is 6.83. The number of azide groups is 1. The summed E-state index contributed by atoms with van der Waals surface area (Å²) in [6.07, 6.45) is 11.8. The number of Topliss-reactive ketones (excluding diaryl/α,β-unsaturated/α-hetero) is 1. The zero-order valence-electron chi connectivity index (χ0n) is 11.0. The van der Waals surface area contributed by atoms with Crippen LogP contribution in [-0.4, -0.2) is 12.3 Å². The highest BCUT2D eigenvalue weighted by Crippen LogP contribution is 2.10. The van der Waals surface area contributed by atoms with Crippen LogP contribution >= 0.6 is 0 Å². The molecule has 0 rings (SSSR count). The fraction of sp³-hybridized carbons (Fsp3) is 0.923. The van der Waals surface area contributed by atoms with Crippen molar-refractivity contribution in [3.05, 3.63) is 10.4 Å². The standard InChI is InChI=1S/C13H25N3O/c1-2-3-4-5-6-7-8-9-10-11-13(17)12-15-16-14/h2-12H2,1H3. The second-order valence-corrected chi connectivity index (χ2v) is 4.51. The van der Waals surface area contributed by atoms with E-state index in [2.05, 4.69) is 16.9 Å². The number of carbonyl (C=O) groups is 1. The average molecular weight is 239 g/mol. The zero-order valence-corrected chi connectivity index (χ0v) is 11.0. The molecule has 0 aliphatic heterocycles. The molecule has 0 aromatic heterocycles. The maximum Gasteiger partial charge on any atom is 0.138 e. The van der Waals surface area contributed by atoms with Gasteiger partial charge in [0, 0.05) is 11.3 Å². The molecule has 0 heterocycles. The Balaban J connectivity index is 3.12. The van der Waals surface area contributed by atoms with Gasteiger partial charge in [0.25, 0.3) is 0 Å². The normalized spacial score (nSPS) is 9.94. The maximum atomic E-state index is 11.1. The van der Waals surface area contributed by atoms with E-state index >= 15 is 0 Å². The van der Waals surface area contributed by atoms with E-state index in [0.29, 0.717) is 6.42 Å². The molecule has 0 aliphatic rings. The molecule has 0 aromatic rings. The Morgan fingerprint density at radius 1 is 1.00 bits per heavy atom. The largest absolute Gasteiger partial charge is 0.300 e. The molecule has 0 N–H and O–H groups in total. The van der Waals surface area contributed by atoms with Crippen molar-refractivity contribution in [2.75, 3.05) is 6.54 Å². The number of hydrogen-bond donors (Lipinski definition) is 0. The van der Waals surface area contributed by atoms with Crippen molar-refractivity contribution in [2.45, 2.75) is 71.1 Å². The lowest BCUT2D eigenvalue weighted by Gasteiger charge is -2.01. The summed E-state index contributed by atoms with van der Waals surface area (Å²) >= 11 is 0. The van der Waals surface area contributed by atoms with Crippen LogP contribution in [-0.2, 0) is 4.79 Å². The topological polar surface area (TPSA) is 65.8 Å². The molecule has 98 valence electrons. The van der Waals surface area contributed by atoms with E-state index in [4.69, 9.17) is 5.53 Å². The Hall–Kier alpha value is -1.02. The van der Waals surface area contributed by atoms with Gasteiger partial charge in [0.1, 0.15) is 5.78 Å². The molecule has 4 nitrogen and oxygen atoms in total. The zero-order chi connectivity index (χ0) is 12.8. The molecule has 0 saturated heterocycles. The summed E-state index contributed by atoms with van der Waals surface area (Å²) in [5.74, 6) is 0.0609. The van der Waals surface area contributed by atoms with Gasteiger partial charge in [0.2, 0.25) is 0 Å². The van der Waals surface area contributed by atoms with Gasteiger partial charge in [-0.15, -0.1) is 0 Å². The Morgan fingerprint density at radius 3 is 2.06 bits per heavy atom. The first kappa shape index (κ1) is 16.0. The molecule has 17 heavy (non-hydrogen) atoms. The van der Waals surface area contributed by atoms with E-state index in [1.165, 1.54) is 44.9 Å². The van der Waals surface area contributed by atoms with Gasteiger partial charge in [-0.25, -0.2) is 0 Å². The molecule has 0 aliphatic carbocycles. The van der Waals surface area contributed by atoms with Crippen molar-refractivity contribution in [1.29, 1.82) is 0 Å². The van der Waals surface area contributed by atoms with E-state index in [9.17, 15) is 4.79 Å². The van der Waals surface area contributed by atoms with Crippen molar-refractivity contribution >= 4 is 5.78 Å². The third-order valence-electron chi connectivity index (χ3n) is 2.87. The van der Waals surface area contributed by atoms with Crippen molar-refractivity contribution in [1.82, 2.24) is 0 Å². The molecule has 0 unspecified atom stereocenters. The van der Waals surface area contributed by atoms with Crippen molar-refractivity contribution in [3.8, 4) is 0 Å². The fourth-order valence-corrected chi connectivity index (χ4v) is 1.82. The number of nitrogens with zero attached hydrogens (tertiary/aromatic N) is 3. The number of ketones is 1. The van der Waals surface area contributed by atoms with Crippen molar-refractivity contribution in [2.24, 2.45) is 5.11 Å². The predicted molar refractivity (Wildman–Crippen MR) is 70.9 cm³/mol. The van der Waals surface area contributed by atoms with Gasteiger partial charge < -0.3 is 0 Å². The van der Waals surface area contributed by atoms with Gasteiger partial charge in [-0.1, -0.05) is 63.4 Å². The van der Waals surface area contributed by atoms with E-state index < -0.39 is 0 Å². The lowest BCUT2D eigenvalue weighted by molar-refractivity contribution is -0.117. The number of hydrogen-bond acceptors (Lipinski definition) is 2. The summed E-state index contributed by atoms with van der Waals surface area (Å²) in [6.45, 7) is 2.25. The van der Waals surface area contributed by atoms with Crippen LogP contribution in [0.3, 0.4) is 0 Å². The summed E-state index contributed by atoms with van der Waals surface area (Å²) in [4.78, 5) is 13.7. The molecule has 4 heteroatoms. The van der Waals surface area contributed by atoms with Gasteiger partial charge in [0.05, 0.1) is 6.54 Å². The van der Waals surface area contributed by atoms with Gasteiger partial charge in [0.15, 0.2) is 0 Å². The molecule has 0 saturated carbocycles. The molecular weight excluding hydrogens is 214 g/mol. The fourth-order valence-electron chi connectivity index (χ4n) is 1.82. The predicted octanol–water partition coefficient (Wildman–Crippen LogP) is 4.79. The highest BCUT2D eigenvalue weighted by molar-refractivity contribution is 5.80. The highest BCUT2D eigenvalue weighted by Gasteiger charge is 1.99. The third kappa shape index (κ3) is 12.9. The minimum absolute atomic E-state index is 0.0213. The van der Waals surface area contributed by atoms with Gasteiger partial charge >= 0.3 is 0 Å². The van der Waals surface area contributed by atoms with Crippen LogP contribution < -0.4 is 0 Å². The maximum absolute atomic E-state index is 11.1. The van der Waals surface area contributed by atoms with Crippen molar-refractivity contribution in [3.63, 3.8) is 0 Å². The molecule has 0 amide bonds. The van der Waals surface area contributed by atoms with Crippen LogP contribution in [0.4, 0.5) is 0 Å². The van der Waals surface area contributed by atoms with Gasteiger partial charge in [-0.2, -0.15) is 0 Å². The first-order chi connectivity index (χ1) is 8.31. The number of rotatable bonds is 12.